The van der Waals surface area contributed by atoms with Crippen LogP contribution in [0.2, 0.25) is 0 Å². The van der Waals surface area contributed by atoms with Crippen LogP contribution in [0, 0.1) is 5.92 Å². The maximum atomic E-state index is 8.96. The first-order valence-electron chi connectivity index (χ1n) is 4.35. The van der Waals surface area contributed by atoms with Gasteiger partial charge in [0, 0.05) is 19.9 Å². The second-order valence-electron chi connectivity index (χ2n) is 3.14. The van der Waals surface area contributed by atoms with E-state index in [0.717, 1.165) is 18.5 Å². The predicted molar refractivity (Wildman–Crippen MR) is 47.8 cm³/mol. The van der Waals surface area contributed by atoms with Crippen LogP contribution in [-0.4, -0.2) is 21.5 Å². The Kier molecular flexibility index (Phi) is 3.29. The zero-order valence-corrected chi connectivity index (χ0v) is 7.70. The van der Waals surface area contributed by atoms with E-state index in [1.165, 1.54) is 0 Å². The Morgan fingerprint density at radius 3 is 2.83 bits per heavy atom. The average molecular weight is 168 g/mol. The van der Waals surface area contributed by atoms with Gasteiger partial charge in [0.1, 0.15) is 0 Å². The summed E-state index contributed by atoms with van der Waals surface area (Å²) in [5.74, 6) is 0.361. The van der Waals surface area contributed by atoms with Crippen LogP contribution in [0.25, 0.3) is 0 Å². The molecule has 0 aliphatic carbocycles. The third kappa shape index (κ3) is 2.34. The minimum absolute atomic E-state index is 0.257. The van der Waals surface area contributed by atoms with E-state index in [0.29, 0.717) is 5.92 Å². The number of aromatic nitrogens is 2. The first kappa shape index (κ1) is 9.26. The van der Waals surface area contributed by atoms with Crippen molar-refractivity contribution in [3.8, 4) is 0 Å². The molecule has 0 saturated carbocycles. The lowest BCUT2D eigenvalue weighted by Crippen LogP contribution is -2.08. The lowest BCUT2D eigenvalue weighted by molar-refractivity contribution is 0.221. The molecule has 1 atom stereocenters. The van der Waals surface area contributed by atoms with Crippen molar-refractivity contribution >= 4 is 0 Å². The molecule has 0 bridgehead atoms. The molecule has 1 heterocycles. The third-order valence-corrected chi connectivity index (χ3v) is 2.10. The molecule has 0 amide bonds. The second kappa shape index (κ2) is 4.26. The molecule has 0 fully saturated rings. The number of aliphatic hydroxyl groups excluding tert-OH is 1. The summed E-state index contributed by atoms with van der Waals surface area (Å²) in [6.45, 7) is 2.34. The van der Waals surface area contributed by atoms with E-state index in [4.69, 9.17) is 5.11 Å². The van der Waals surface area contributed by atoms with Crippen LogP contribution < -0.4 is 0 Å². The Morgan fingerprint density at radius 2 is 2.42 bits per heavy atom. The topological polar surface area (TPSA) is 38.0 Å². The summed E-state index contributed by atoms with van der Waals surface area (Å²) < 4.78 is 1.79. The van der Waals surface area contributed by atoms with Crippen LogP contribution >= 0.6 is 0 Å². The highest BCUT2D eigenvalue weighted by Crippen LogP contribution is 2.08. The molecule has 0 radical (unpaired) electrons. The molecule has 12 heavy (non-hydrogen) atoms. The minimum atomic E-state index is 0.257. The molecule has 1 aromatic rings. The molecule has 1 rings (SSSR count). The number of aryl methyl sites for hydroxylation is 1. The fraction of sp³-hybridized carbons (Fsp3) is 0.667. The molecule has 0 aromatic carbocycles. The molecule has 0 saturated heterocycles. The van der Waals surface area contributed by atoms with Crippen molar-refractivity contribution in [2.24, 2.45) is 13.0 Å². The Balaban J connectivity index is 2.50. The molecular weight excluding hydrogens is 152 g/mol. The van der Waals surface area contributed by atoms with Crippen LogP contribution in [-0.2, 0) is 13.5 Å². The zero-order valence-electron chi connectivity index (χ0n) is 7.70. The lowest BCUT2D eigenvalue weighted by atomic mass is 10.0. The number of hydrogen-bond donors (Lipinski definition) is 1. The largest absolute Gasteiger partial charge is 0.396 e. The molecule has 0 spiro atoms. The van der Waals surface area contributed by atoms with E-state index in [-0.39, 0.29) is 6.61 Å². The third-order valence-electron chi connectivity index (χ3n) is 2.10. The first-order valence-corrected chi connectivity index (χ1v) is 4.35. The maximum Gasteiger partial charge on any atom is 0.0628 e. The van der Waals surface area contributed by atoms with Crippen LogP contribution in [0.5, 0.6) is 0 Å². The molecule has 3 nitrogen and oxygen atoms in total. The highest BCUT2D eigenvalue weighted by Gasteiger charge is 2.07. The van der Waals surface area contributed by atoms with Crippen LogP contribution in [0.3, 0.4) is 0 Å². The molecular formula is C9H16N2O. The second-order valence-corrected chi connectivity index (χ2v) is 3.14. The smallest absolute Gasteiger partial charge is 0.0628 e. The highest BCUT2D eigenvalue weighted by atomic mass is 16.3. The van der Waals surface area contributed by atoms with E-state index in [1.807, 2.05) is 19.3 Å². The van der Waals surface area contributed by atoms with Gasteiger partial charge in [0.05, 0.1) is 5.69 Å². The number of aliphatic hydroxyl groups is 1. The van der Waals surface area contributed by atoms with Gasteiger partial charge in [0.15, 0.2) is 0 Å². The number of nitrogens with zero attached hydrogens (tertiary/aromatic N) is 2. The lowest BCUT2D eigenvalue weighted by Gasteiger charge is -2.08. The number of hydrogen-bond acceptors (Lipinski definition) is 2. The van der Waals surface area contributed by atoms with Crippen molar-refractivity contribution in [3.63, 3.8) is 0 Å². The van der Waals surface area contributed by atoms with Crippen molar-refractivity contribution in [2.75, 3.05) is 6.61 Å². The van der Waals surface area contributed by atoms with Gasteiger partial charge in [-0.15, -0.1) is 0 Å². The molecule has 1 N–H and O–H groups in total. The Labute approximate surface area is 73.0 Å². The van der Waals surface area contributed by atoms with E-state index >= 15 is 0 Å². The zero-order chi connectivity index (χ0) is 8.97. The Hall–Kier alpha value is -0.830. The Morgan fingerprint density at radius 1 is 1.67 bits per heavy atom. The van der Waals surface area contributed by atoms with E-state index in [1.54, 1.807) is 4.68 Å². The van der Waals surface area contributed by atoms with Crippen molar-refractivity contribution in [2.45, 2.75) is 19.8 Å². The summed E-state index contributed by atoms with van der Waals surface area (Å²) in [5.41, 5.74) is 1.07. The minimum Gasteiger partial charge on any atom is -0.396 e. The summed E-state index contributed by atoms with van der Waals surface area (Å²) in [4.78, 5) is 0. The van der Waals surface area contributed by atoms with E-state index in [2.05, 4.69) is 12.0 Å². The molecule has 3 heteroatoms. The van der Waals surface area contributed by atoms with Crippen LogP contribution in [0.1, 0.15) is 19.0 Å². The standard InChI is InChI=1S/C9H16N2O/c1-3-8(7-12)6-9-4-5-11(2)10-9/h4-5,8,12H,3,6-7H2,1-2H3. The fourth-order valence-corrected chi connectivity index (χ4v) is 1.21. The van der Waals surface area contributed by atoms with Crippen LogP contribution in [0.4, 0.5) is 0 Å². The van der Waals surface area contributed by atoms with Crippen molar-refractivity contribution < 1.29 is 5.11 Å². The van der Waals surface area contributed by atoms with Crippen molar-refractivity contribution in [1.82, 2.24) is 9.78 Å². The van der Waals surface area contributed by atoms with Gasteiger partial charge in [-0.1, -0.05) is 13.3 Å². The average Bonchev–Trinajstić information content (AvgIpc) is 2.47. The van der Waals surface area contributed by atoms with Crippen molar-refractivity contribution in [1.29, 1.82) is 0 Å². The molecule has 0 aliphatic rings. The van der Waals surface area contributed by atoms with Gasteiger partial charge in [-0.3, -0.25) is 4.68 Å². The molecule has 0 aliphatic heterocycles. The summed E-state index contributed by atoms with van der Waals surface area (Å²) in [7, 11) is 1.91. The SMILES string of the molecule is CCC(CO)Cc1ccn(C)n1. The summed E-state index contributed by atoms with van der Waals surface area (Å²) >= 11 is 0. The quantitative estimate of drug-likeness (QED) is 0.727. The van der Waals surface area contributed by atoms with Gasteiger partial charge in [-0.2, -0.15) is 5.10 Å². The monoisotopic (exact) mass is 168 g/mol. The van der Waals surface area contributed by atoms with Gasteiger partial charge < -0.3 is 5.11 Å². The van der Waals surface area contributed by atoms with E-state index < -0.39 is 0 Å². The van der Waals surface area contributed by atoms with Gasteiger partial charge in [0.25, 0.3) is 0 Å². The van der Waals surface area contributed by atoms with E-state index in [9.17, 15) is 0 Å². The Bertz CT molecular complexity index is 228. The normalized spacial score (nSPS) is 13.2. The molecule has 68 valence electrons. The predicted octanol–water partition coefficient (Wildman–Crippen LogP) is 0.981. The number of rotatable bonds is 4. The maximum absolute atomic E-state index is 8.96. The van der Waals surface area contributed by atoms with Crippen molar-refractivity contribution in [3.05, 3.63) is 18.0 Å². The summed E-state index contributed by atoms with van der Waals surface area (Å²) in [5, 5.41) is 13.2. The molecule has 1 aromatic heterocycles. The van der Waals surface area contributed by atoms with Gasteiger partial charge >= 0.3 is 0 Å². The summed E-state index contributed by atoms with van der Waals surface area (Å²) in [6.07, 6.45) is 3.82. The van der Waals surface area contributed by atoms with Gasteiger partial charge in [-0.05, 0) is 18.4 Å². The van der Waals surface area contributed by atoms with Gasteiger partial charge in [0.2, 0.25) is 0 Å². The van der Waals surface area contributed by atoms with Gasteiger partial charge in [-0.25, -0.2) is 0 Å². The first-order chi connectivity index (χ1) is 5.76. The summed E-state index contributed by atoms with van der Waals surface area (Å²) in [6, 6.07) is 2.00. The highest BCUT2D eigenvalue weighted by molar-refractivity contribution is 4.99. The molecule has 1 unspecified atom stereocenters. The van der Waals surface area contributed by atoms with Crippen LogP contribution in [0.15, 0.2) is 12.3 Å². The fourth-order valence-electron chi connectivity index (χ4n) is 1.21.